The molecule has 0 saturated carbocycles. The van der Waals surface area contributed by atoms with Crippen molar-refractivity contribution in [3.8, 4) is 0 Å². The van der Waals surface area contributed by atoms with E-state index in [9.17, 15) is 8.78 Å². The summed E-state index contributed by atoms with van der Waals surface area (Å²) in [5.74, 6) is -0.877. The number of nitrogens with two attached hydrogens (primary N) is 1. The van der Waals surface area contributed by atoms with Crippen molar-refractivity contribution in [3.63, 3.8) is 0 Å². The molecule has 1 aromatic carbocycles. The van der Waals surface area contributed by atoms with Crippen molar-refractivity contribution in [1.29, 1.82) is 0 Å². The first-order valence-corrected chi connectivity index (χ1v) is 4.34. The van der Waals surface area contributed by atoms with E-state index in [2.05, 4.69) is 0 Å². The maximum atomic E-state index is 13.2. The van der Waals surface area contributed by atoms with Gasteiger partial charge in [0.2, 0.25) is 0 Å². The summed E-state index contributed by atoms with van der Waals surface area (Å²) in [7, 11) is 0. The number of hydrogen-bond acceptors (Lipinski definition) is 1. The minimum absolute atomic E-state index is 0.0873. The minimum atomic E-state index is -0.414. The molecule has 0 aliphatic heterocycles. The monoisotopic (exact) mass is 185 g/mol. The molecule has 0 bridgehead atoms. The molecule has 0 aliphatic rings. The van der Waals surface area contributed by atoms with Crippen LogP contribution in [0.25, 0.3) is 0 Å². The topological polar surface area (TPSA) is 26.0 Å². The first kappa shape index (κ1) is 10.1. The smallest absolute Gasteiger partial charge is 0.126 e. The van der Waals surface area contributed by atoms with E-state index in [0.29, 0.717) is 12.1 Å². The van der Waals surface area contributed by atoms with Crippen molar-refractivity contribution in [3.05, 3.63) is 35.4 Å². The van der Waals surface area contributed by atoms with Crippen LogP contribution in [0, 0.1) is 11.6 Å². The molecule has 1 rings (SSSR count). The molecule has 0 aliphatic carbocycles. The molecule has 0 radical (unpaired) electrons. The third-order valence-corrected chi connectivity index (χ3v) is 2.18. The lowest BCUT2D eigenvalue weighted by Crippen LogP contribution is -2.13. The molecule has 1 nitrogen and oxygen atoms in total. The summed E-state index contributed by atoms with van der Waals surface area (Å²) in [5.41, 5.74) is 5.82. The zero-order valence-corrected chi connectivity index (χ0v) is 7.56. The molecular formula is C10H13F2N. The van der Waals surface area contributed by atoms with E-state index in [0.717, 1.165) is 18.6 Å². The molecule has 0 amide bonds. The molecule has 1 unspecified atom stereocenters. The Morgan fingerprint density at radius 2 is 2.08 bits per heavy atom. The lowest BCUT2D eigenvalue weighted by atomic mass is 9.96. The largest absolute Gasteiger partial charge is 0.330 e. The van der Waals surface area contributed by atoms with Gasteiger partial charge in [-0.2, -0.15) is 0 Å². The minimum Gasteiger partial charge on any atom is -0.330 e. The summed E-state index contributed by atoms with van der Waals surface area (Å²) in [4.78, 5) is 0. The van der Waals surface area contributed by atoms with Crippen LogP contribution in [0.3, 0.4) is 0 Å². The van der Waals surface area contributed by atoms with Crippen molar-refractivity contribution in [2.75, 3.05) is 6.54 Å². The lowest BCUT2D eigenvalue weighted by Gasteiger charge is -2.13. The van der Waals surface area contributed by atoms with Crippen LogP contribution in [0.2, 0.25) is 0 Å². The van der Waals surface area contributed by atoms with Crippen LogP contribution in [0.5, 0.6) is 0 Å². The Kier molecular flexibility index (Phi) is 3.37. The van der Waals surface area contributed by atoms with E-state index in [1.165, 1.54) is 6.07 Å². The fraction of sp³-hybridized carbons (Fsp3) is 0.400. The first-order chi connectivity index (χ1) is 6.19. The third-order valence-electron chi connectivity index (χ3n) is 2.18. The summed E-state index contributed by atoms with van der Waals surface area (Å²) >= 11 is 0. The third kappa shape index (κ3) is 2.25. The highest BCUT2D eigenvalue weighted by Gasteiger charge is 2.12. The van der Waals surface area contributed by atoms with Crippen LogP contribution in [-0.4, -0.2) is 6.54 Å². The summed E-state index contributed by atoms with van der Waals surface area (Å²) in [5, 5.41) is 0. The second-order valence-electron chi connectivity index (χ2n) is 3.01. The van der Waals surface area contributed by atoms with Gasteiger partial charge < -0.3 is 5.73 Å². The molecule has 0 saturated heterocycles. The first-order valence-electron chi connectivity index (χ1n) is 4.34. The van der Waals surface area contributed by atoms with Gasteiger partial charge in [-0.05, 0) is 42.6 Å². The van der Waals surface area contributed by atoms with E-state index in [4.69, 9.17) is 5.73 Å². The molecule has 3 heteroatoms. The highest BCUT2D eigenvalue weighted by molar-refractivity contribution is 5.23. The quantitative estimate of drug-likeness (QED) is 0.768. The van der Waals surface area contributed by atoms with Crippen LogP contribution in [-0.2, 0) is 0 Å². The average molecular weight is 185 g/mol. The van der Waals surface area contributed by atoms with Crippen LogP contribution < -0.4 is 5.73 Å². The molecule has 0 fully saturated rings. The normalized spacial score (nSPS) is 12.9. The van der Waals surface area contributed by atoms with Crippen molar-refractivity contribution >= 4 is 0 Å². The number of rotatable bonds is 3. The highest BCUT2D eigenvalue weighted by Crippen LogP contribution is 2.21. The lowest BCUT2D eigenvalue weighted by molar-refractivity contribution is 0.553. The fourth-order valence-electron chi connectivity index (χ4n) is 1.34. The highest BCUT2D eigenvalue weighted by atomic mass is 19.1. The number of halogens is 2. The second kappa shape index (κ2) is 4.33. The van der Waals surface area contributed by atoms with Gasteiger partial charge in [-0.25, -0.2) is 8.78 Å². The Morgan fingerprint density at radius 3 is 2.62 bits per heavy atom. The van der Waals surface area contributed by atoms with Gasteiger partial charge in [-0.15, -0.1) is 0 Å². The molecule has 0 heterocycles. The van der Waals surface area contributed by atoms with Crippen LogP contribution in [0.1, 0.15) is 24.8 Å². The molecule has 1 aromatic rings. The van der Waals surface area contributed by atoms with E-state index in [-0.39, 0.29) is 11.7 Å². The van der Waals surface area contributed by atoms with Gasteiger partial charge in [0.05, 0.1) is 0 Å². The number of benzene rings is 1. The maximum Gasteiger partial charge on any atom is 0.126 e. The summed E-state index contributed by atoms with van der Waals surface area (Å²) in [6, 6.07) is 3.47. The van der Waals surface area contributed by atoms with Gasteiger partial charge >= 0.3 is 0 Å². The van der Waals surface area contributed by atoms with E-state index in [1.54, 1.807) is 0 Å². The number of hydrogen-bond donors (Lipinski definition) is 1. The average Bonchev–Trinajstić information content (AvgIpc) is 2.13. The van der Waals surface area contributed by atoms with E-state index in [1.807, 2.05) is 6.92 Å². The van der Waals surface area contributed by atoms with Crippen molar-refractivity contribution < 1.29 is 8.78 Å². The molecule has 1 atom stereocenters. The Morgan fingerprint density at radius 1 is 1.38 bits per heavy atom. The zero-order valence-electron chi connectivity index (χ0n) is 7.56. The summed E-state index contributed by atoms with van der Waals surface area (Å²) < 4.78 is 25.9. The Labute approximate surface area is 76.6 Å². The van der Waals surface area contributed by atoms with Gasteiger partial charge in [0.25, 0.3) is 0 Å². The zero-order chi connectivity index (χ0) is 9.84. The van der Waals surface area contributed by atoms with E-state index >= 15 is 0 Å². The second-order valence-corrected chi connectivity index (χ2v) is 3.01. The predicted octanol–water partition coefficient (Wildman–Crippen LogP) is 2.42. The predicted molar refractivity (Wildman–Crippen MR) is 48.4 cm³/mol. The van der Waals surface area contributed by atoms with Gasteiger partial charge in [-0.1, -0.05) is 6.92 Å². The van der Waals surface area contributed by atoms with Gasteiger partial charge in [-0.3, -0.25) is 0 Å². The molecule has 2 N–H and O–H groups in total. The van der Waals surface area contributed by atoms with Crippen LogP contribution in [0.4, 0.5) is 8.78 Å². The van der Waals surface area contributed by atoms with Crippen LogP contribution >= 0.6 is 0 Å². The SMILES string of the molecule is CCC(CN)c1cc(F)ccc1F. The Hall–Kier alpha value is -0.960. The maximum absolute atomic E-state index is 13.2. The van der Waals surface area contributed by atoms with E-state index < -0.39 is 5.82 Å². The van der Waals surface area contributed by atoms with Crippen LogP contribution in [0.15, 0.2) is 18.2 Å². The summed E-state index contributed by atoms with van der Waals surface area (Å²) in [6.45, 7) is 2.25. The molecule has 0 spiro atoms. The van der Waals surface area contributed by atoms with Gasteiger partial charge in [0.1, 0.15) is 11.6 Å². The Balaban J connectivity index is 3.03. The van der Waals surface area contributed by atoms with Gasteiger partial charge in [0.15, 0.2) is 0 Å². The molecule has 13 heavy (non-hydrogen) atoms. The van der Waals surface area contributed by atoms with Crippen molar-refractivity contribution in [1.82, 2.24) is 0 Å². The molecule has 0 aromatic heterocycles. The Bertz CT molecular complexity index is 282. The van der Waals surface area contributed by atoms with Crippen molar-refractivity contribution in [2.45, 2.75) is 19.3 Å². The fourth-order valence-corrected chi connectivity index (χ4v) is 1.34. The standard InChI is InChI=1S/C10H13F2N/c1-2-7(6-13)9-5-8(11)3-4-10(9)12/h3-5,7H,2,6,13H2,1H3. The van der Waals surface area contributed by atoms with Gasteiger partial charge in [0, 0.05) is 0 Å². The molecular weight excluding hydrogens is 172 g/mol. The summed E-state index contributed by atoms with van der Waals surface area (Å²) in [6.07, 6.45) is 0.719. The van der Waals surface area contributed by atoms with Crippen molar-refractivity contribution in [2.24, 2.45) is 5.73 Å². The molecule has 72 valence electrons.